The average Bonchev–Trinajstić information content (AvgIpc) is 2.42. The lowest BCUT2D eigenvalue weighted by atomic mass is 10.2. The Bertz CT molecular complexity index is 659. The molecule has 0 saturated carbocycles. The maximum atomic E-state index is 12.1. The molecular formula is C12H12F3NO4S. The van der Waals surface area contributed by atoms with E-state index in [9.17, 15) is 21.6 Å². The second kappa shape index (κ2) is 6.80. The highest BCUT2D eigenvalue weighted by atomic mass is 32.2. The SMILES string of the molecule is COc1ccc(S(=O)(=O)NCC(F)(F)F)cc1C#CCO. The van der Waals surface area contributed by atoms with E-state index in [1.54, 1.807) is 0 Å². The van der Waals surface area contributed by atoms with E-state index in [2.05, 4.69) is 11.8 Å². The number of ether oxygens (including phenoxy) is 1. The highest BCUT2D eigenvalue weighted by molar-refractivity contribution is 7.89. The van der Waals surface area contributed by atoms with Gasteiger partial charge in [-0.1, -0.05) is 11.8 Å². The summed E-state index contributed by atoms with van der Waals surface area (Å²) in [6.07, 6.45) is -4.65. The molecule has 0 aliphatic rings. The molecule has 0 spiro atoms. The summed E-state index contributed by atoms with van der Waals surface area (Å²) in [6, 6.07) is 3.44. The van der Waals surface area contributed by atoms with E-state index in [1.165, 1.54) is 17.9 Å². The maximum absolute atomic E-state index is 12.1. The van der Waals surface area contributed by atoms with Gasteiger partial charge in [0.15, 0.2) is 0 Å². The van der Waals surface area contributed by atoms with Gasteiger partial charge in [-0.2, -0.15) is 13.2 Å². The zero-order valence-corrected chi connectivity index (χ0v) is 11.7. The van der Waals surface area contributed by atoms with Crippen molar-refractivity contribution in [1.82, 2.24) is 4.72 Å². The Balaban J connectivity index is 3.13. The summed E-state index contributed by atoms with van der Waals surface area (Å²) in [6.45, 7) is -2.12. The number of nitrogens with one attached hydrogen (secondary N) is 1. The molecule has 0 aromatic heterocycles. The van der Waals surface area contributed by atoms with E-state index in [0.717, 1.165) is 12.1 Å². The van der Waals surface area contributed by atoms with E-state index >= 15 is 0 Å². The lowest BCUT2D eigenvalue weighted by Gasteiger charge is -2.10. The molecule has 0 amide bonds. The van der Waals surface area contributed by atoms with Crippen LogP contribution in [0.4, 0.5) is 13.2 Å². The fraction of sp³-hybridized carbons (Fsp3) is 0.333. The van der Waals surface area contributed by atoms with Gasteiger partial charge in [-0.15, -0.1) is 0 Å². The second-order valence-electron chi connectivity index (χ2n) is 3.76. The minimum Gasteiger partial charge on any atom is -0.495 e. The molecule has 1 aromatic rings. The Hall–Kier alpha value is -1.76. The highest BCUT2D eigenvalue weighted by Crippen LogP contribution is 2.22. The van der Waals surface area contributed by atoms with Crippen LogP contribution in [0.5, 0.6) is 5.75 Å². The molecule has 0 atom stereocenters. The molecular weight excluding hydrogens is 311 g/mol. The summed E-state index contributed by atoms with van der Waals surface area (Å²) in [4.78, 5) is -0.380. The van der Waals surface area contributed by atoms with Gasteiger partial charge < -0.3 is 9.84 Å². The molecule has 0 aliphatic heterocycles. The van der Waals surface area contributed by atoms with E-state index in [0.29, 0.717) is 0 Å². The van der Waals surface area contributed by atoms with Gasteiger partial charge >= 0.3 is 6.18 Å². The highest BCUT2D eigenvalue weighted by Gasteiger charge is 2.30. The zero-order chi connectivity index (χ0) is 16.1. The number of rotatable bonds is 4. The van der Waals surface area contributed by atoms with Gasteiger partial charge in [0, 0.05) is 0 Å². The van der Waals surface area contributed by atoms with Crippen molar-refractivity contribution in [2.45, 2.75) is 11.1 Å². The first-order chi connectivity index (χ1) is 9.69. The lowest BCUT2D eigenvalue weighted by Crippen LogP contribution is -2.33. The van der Waals surface area contributed by atoms with Crippen LogP contribution in [0, 0.1) is 11.8 Å². The summed E-state index contributed by atoms with van der Waals surface area (Å²) in [5, 5.41) is 8.62. The molecule has 5 nitrogen and oxygen atoms in total. The van der Waals surface area contributed by atoms with Gasteiger partial charge in [0.2, 0.25) is 10.0 Å². The quantitative estimate of drug-likeness (QED) is 0.807. The van der Waals surface area contributed by atoms with Gasteiger partial charge in [-0.25, -0.2) is 13.1 Å². The van der Waals surface area contributed by atoms with Gasteiger partial charge in [-0.3, -0.25) is 0 Å². The van der Waals surface area contributed by atoms with Gasteiger partial charge in [-0.05, 0) is 18.2 Å². The molecule has 0 unspecified atom stereocenters. The summed E-state index contributed by atoms with van der Waals surface area (Å²) < 4.78 is 66.1. The predicted molar refractivity (Wildman–Crippen MR) is 68.2 cm³/mol. The lowest BCUT2D eigenvalue weighted by molar-refractivity contribution is -0.121. The predicted octanol–water partition coefficient (Wildman–Crippen LogP) is 0.880. The first-order valence-electron chi connectivity index (χ1n) is 5.54. The van der Waals surface area contributed by atoms with Crippen LogP contribution in [0.15, 0.2) is 23.1 Å². The summed E-state index contributed by atoms with van der Waals surface area (Å²) in [5.41, 5.74) is 0.140. The smallest absolute Gasteiger partial charge is 0.402 e. The number of sulfonamides is 1. The number of halogens is 3. The van der Waals surface area contributed by atoms with Crippen LogP contribution in [-0.4, -0.2) is 40.0 Å². The fourth-order valence-corrected chi connectivity index (χ4v) is 2.39. The standard InChI is InChI=1S/C12H12F3NO4S/c1-20-11-5-4-10(7-9(11)3-2-6-17)21(18,19)16-8-12(13,14)15/h4-5,7,16-17H,6,8H2,1H3. The van der Waals surface area contributed by atoms with Crippen LogP contribution < -0.4 is 9.46 Å². The number of methoxy groups -OCH3 is 1. The zero-order valence-electron chi connectivity index (χ0n) is 10.9. The normalized spacial score (nSPS) is 11.7. The van der Waals surface area contributed by atoms with Crippen molar-refractivity contribution in [3.8, 4) is 17.6 Å². The number of hydrogen-bond acceptors (Lipinski definition) is 4. The minimum atomic E-state index is -4.65. The van der Waals surface area contributed by atoms with Crippen molar-refractivity contribution in [2.75, 3.05) is 20.3 Å². The van der Waals surface area contributed by atoms with Gasteiger partial charge in [0.25, 0.3) is 0 Å². The number of aliphatic hydroxyl groups is 1. The first kappa shape index (κ1) is 17.3. The monoisotopic (exact) mass is 323 g/mol. The van der Waals surface area contributed by atoms with Crippen LogP contribution in [0.2, 0.25) is 0 Å². The third kappa shape index (κ3) is 5.26. The van der Waals surface area contributed by atoms with Crippen molar-refractivity contribution in [3.05, 3.63) is 23.8 Å². The Morgan fingerprint density at radius 2 is 2.05 bits per heavy atom. The maximum Gasteiger partial charge on any atom is 0.402 e. The molecule has 21 heavy (non-hydrogen) atoms. The van der Waals surface area contributed by atoms with Crippen molar-refractivity contribution in [3.63, 3.8) is 0 Å². The topological polar surface area (TPSA) is 75.6 Å². The molecule has 0 fully saturated rings. The minimum absolute atomic E-state index is 0.140. The Morgan fingerprint density at radius 1 is 1.38 bits per heavy atom. The van der Waals surface area contributed by atoms with E-state index in [1.807, 2.05) is 0 Å². The second-order valence-corrected chi connectivity index (χ2v) is 5.53. The number of hydrogen-bond donors (Lipinski definition) is 2. The van der Waals surface area contributed by atoms with Crippen LogP contribution in [0.1, 0.15) is 5.56 Å². The number of benzene rings is 1. The fourth-order valence-electron chi connectivity index (χ4n) is 1.35. The van der Waals surface area contributed by atoms with E-state index < -0.39 is 29.4 Å². The molecule has 0 radical (unpaired) electrons. The molecule has 1 aromatic carbocycles. The molecule has 0 heterocycles. The summed E-state index contributed by atoms with van der Waals surface area (Å²) >= 11 is 0. The molecule has 116 valence electrons. The van der Waals surface area contributed by atoms with E-state index in [-0.39, 0.29) is 16.2 Å². The third-order valence-electron chi connectivity index (χ3n) is 2.25. The van der Waals surface area contributed by atoms with Crippen LogP contribution >= 0.6 is 0 Å². The summed E-state index contributed by atoms with van der Waals surface area (Å²) in [5.74, 6) is 5.01. The molecule has 9 heteroatoms. The first-order valence-corrected chi connectivity index (χ1v) is 7.02. The largest absolute Gasteiger partial charge is 0.495 e. The number of aliphatic hydroxyl groups excluding tert-OH is 1. The van der Waals surface area contributed by atoms with E-state index in [4.69, 9.17) is 9.84 Å². The van der Waals surface area contributed by atoms with Crippen molar-refractivity contribution in [2.24, 2.45) is 0 Å². The Morgan fingerprint density at radius 3 is 2.57 bits per heavy atom. The van der Waals surface area contributed by atoms with Crippen LogP contribution in [0.25, 0.3) is 0 Å². The van der Waals surface area contributed by atoms with Crippen molar-refractivity contribution in [1.29, 1.82) is 0 Å². The van der Waals surface area contributed by atoms with Crippen molar-refractivity contribution < 1.29 is 31.4 Å². The van der Waals surface area contributed by atoms with Crippen LogP contribution in [0.3, 0.4) is 0 Å². The third-order valence-corrected chi connectivity index (χ3v) is 3.64. The molecule has 0 bridgehead atoms. The Labute approximate surface area is 119 Å². The molecule has 2 N–H and O–H groups in total. The van der Waals surface area contributed by atoms with Crippen LogP contribution in [-0.2, 0) is 10.0 Å². The summed E-state index contributed by atoms with van der Waals surface area (Å²) in [7, 11) is -2.99. The van der Waals surface area contributed by atoms with Crippen molar-refractivity contribution >= 4 is 10.0 Å². The molecule has 0 aliphatic carbocycles. The van der Waals surface area contributed by atoms with Gasteiger partial charge in [0.1, 0.15) is 18.9 Å². The molecule has 1 rings (SSSR count). The average molecular weight is 323 g/mol. The Kier molecular flexibility index (Phi) is 5.60. The van der Waals surface area contributed by atoms with Gasteiger partial charge in [0.05, 0.1) is 17.6 Å². The number of alkyl halides is 3. The molecule has 0 saturated heterocycles.